The number of thiazole rings is 1. The number of amides is 1. The third-order valence-corrected chi connectivity index (χ3v) is 4.91. The molecule has 10 heteroatoms. The van der Waals surface area contributed by atoms with E-state index in [2.05, 4.69) is 10.3 Å². The third kappa shape index (κ3) is 5.25. The van der Waals surface area contributed by atoms with Gasteiger partial charge in [0.1, 0.15) is 11.5 Å². The highest BCUT2D eigenvalue weighted by atomic mass is 35.5. The van der Waals surface area contributed by atoms with Crippen molar-refractivity contribution >= 4 is 61.8 Å². The number of rotatable bonds is 7. The van der Waals surface area contributed by atoms with Crippen LogP contribution in [0.15, 0.2) is 36.4 Å². The standard InChI is InChI=1S/C18H14Cl2N2O5S/c1-25-11-3-4-13-15(7-11)28-18(21-13)22-16(23)8-27-17(24)9-26-14-5-2-10(19)6-12(14)20/h2-7H,8-9H2,1H3,(H,21,22,23). The lowest BCUT2D eigenvalue weighted by atomic mass is 10.3. The Labute approximate surface area is 174 Å². The predicted molar refractivity (Wildman–Crippen MR) is 108 cm³/mol. The summed E-state index contributed by atoms with van der Waals surface area (Å²) in [5, 5.41) is 3.70. The van der Waals surface area contributed by atoms with Crippen molar-refractivity contribution in [3.8, 4) is 11.5 Å². The molecule has 0 aliphatic carbocycles. The highest BCUT2D eigenvalue weighted by Gasteiger charge is 2.12. The Morgan fingerprint density at radius 2 is 1.96 bits per heavy atom. The molecule has 1 aromatic heterocycles. The maximum atomic E-state index is 12.0. The van der Waals surface area contributed by atoms with E-state index < -0.39 is 25.1 Å². The molecule has 3 aromatic rings. The average Bonchev–Trinajstić information content (AvgIpc) is 3.06. The van der Waals surface area contributed by atoms with Crippen LogP contribution in [0.1, 0.15) is 0 Å². The summed E-state index contributed by atoms with van der Waals surface area (Å²) in [4.78, 5) is 28.0. The first kappa shape index (κ1) is 20.2. The molecule has 0 radical (unpaired) electrons. The lowest BCUT2D eigenvalue weighted by molar-refractivity contribution is -0.149. The molecule has 0 saturated carbocycles. The Kier molecular flexibility index (Phi) is 6.56. The number of carbonyl (C=O) groups is 2. The maximum Gasteiger partial charge on any atom is 0.344 e. The molecule has 0 spiro atoms. The molecule has 3 rings (SSSR count). The molecule has 0 saturated heterocycles. The second-order valence-electron chi connectivity index (χ2n) is 5.42. The monoisotopic (exact) mass is 440 g/mol. The smallest absolute Gasteiger partial charge is 0.344 e. The van der Waals surface area contributed by atoms with Crippen molar-refractivity contribution in [1.82, 2.24) is 4.98 Å². The molecule has 0 unspecified atom stereocenters. The highest BCUT2D eigenvalue weighted by molar-refractivity contribution is 7.22. The van der Waals surface area contributed by atoms with Crippen LogP contribution in [0.25, 0.3) is 10.2 Å². The molecule has 0 aliphatic heterocycles. The fraction of sp³-hybridized carbons (Fsp3) is 0.167. The molecule has 0 fully saturated rings. The number of nitrogens with one attached hydrogen (secondary N) is 1. The summed E-state index contributed by atoms with van der Waals surface area (Å²) in [6.45, 7) is -0.856. The van der Waals surface area contributed by atoms with Crippen LogP contribution in [0.4, 0.5) is 5.13 Å². The largest absolute Gasteiger partial charge is 0.497 e. The molecular weight excluding hydrogens is 427 g/mol. The molecule has 28 heavy (non-hydrogen) atoms. The van der Waals surface area contributed by atoms with Gasteiger partial charge in [0.25, 0.3) is 5.91 Å². The van der Waals surface area contributed by atoms with E-state index in [1.54, 1.807) is 25.3 Å². The van der Waals surface area contributed by atoms with E-state index in [1.165, 1.54) is 23.5 Å². The number of esters is 1. The van der Waals surface area contributed by atoms with Gasteiger partial charge in [0.2, 0.25) is 0 Å². The minimum absolute atomic E-state index is 0.269. The molecule has 2 aromatic carbocycles. The van der Waals surface area contributed by atoms with Crippen LogP contribution in [0.3, 0.4) is 0 Å². The van der Waals surface area contributed by atoms with E-state index in [-0.39, 0.29) is 10.8 Å². The van der Waals surface area contributed by atoms with Crippen LogP contribution in [-0.4, -0.2) is 37.2 Å². The number of halogens is 2. The quantitative estimate of drug-likeness (QED) is 0.554. The van der Waals surface area contributed by atoms with Gasteiger partial charge in [-0.1, -0.05) is 34.5 Å². The van der Waals surface area contributed by atoms with Gasteiger partial charge < -0.3 is 14.2 Å². The minimum Gasteiger partial charge on any atom is -0.497 e. The minimum atomic E-state index is -0.713. The number of benzene rings is 2. The van der Waals surface area contributed by atoms with Crippen LogP contribution in [0.5, 0.6) is 11.5 Å². The van der Waals surface area contributed by atoms with E-state index in [1.807, 2.05) is 6.07 Å². The van der Waals surface area contributed by atoms with Crippen molar-refractivity contribution in [3.63, 3.8) is 0 Å². The number of hydrogen-bond acceptors (Lipinski definition) is 7. The molecular formula is C18H14Cl2N2O5S. The number of ether oxygens (including phenoxy) is 3. The fourth-order valence-corrected chi connectivity index (χ4v) is 3.53. The summed E-state index contributed by atoms with van der Waals surface area (Å²) in [7, 11) is 1.57. The lowest BCUT2D eigenvalue weighted by Crippen LogP contribution is -2.23. The van der Waals surface area contributed by atoms with Gasteiger partial charge in [-0.2, -0.15) is 0 Å². The predicted octanol–water partition coefficient (Wildman–Crippen LogP) is 4.17. The Hall–Kier alpha value is -2.55. The Morgan fingerprint density at radius 1 is 1.14 bits per heavy atom. The van der Waals surface area contributed by atoms with E-state index in [9.17, 15) is 9.59 Å². The van der Waals surface area contributed by atoms with Crippen molar-refractivity contribution in [3.05, 3.63) is 46.4 Å². The summed E-state index contributed by atoms with van der Waals surface area (Å²) in [6, 6.07) is 10.00. The van der Waals surface area contributed by atoms with Crippen molar-refractivity contribution in [2.24, 2.45) is 0 Å². The SMILES string of the molecule is COc1ccc2nc(NC(=O)COC(=O)COc3ccc(Cl)cc3Cl)sc2c1. The topological polar surface area (TPSA) is 86.8 Å². The zero-order valence-corrected chi connectivity index (χ0v) is 16.9. The normalized spacial score (nSPS) is 10.5. The van der Waals surface area contributed by atoms with Crippen molar-refractivity contribution < 1.29 is 23.8 Å². The van der Waals surface area contributed by atoms with Gasteiger partial charge in [-0.25, -0.2) is 9.78 Å². The van der Waals surface area contributed by atoms with Crippen molar-refractivity contribution in [2.75, 3.05) is 25.6 Å². The van der Waals surface area contributed by atoms with Crippen LogP contribution in [0, 0.1) is 0 Å². The molecule has 7 nitrogen and oxygen atoms in total. The first-order chi connectivity index (χ1) is 13.4. The first-order valence-electron chi connectivity index (χ1n) is 7.92. The zero-order valence-electron chi connectivity index (χ0n) is 14.5. The van der Waals surface area contributed by atoms with Crippen molar-refractivity contribution in [1.29, 1.82) is 0 Å². The van der Waals surface area contributed by atoms with Crippen LogP contribution < -0.4 is 14.8 Å². The lowest BCUT2D eigenvalue weighted by Gasteiger charge is -2.08. The van der Waals surface area contributed by atoms with E-state index in [0.717, 1.165) is 10.2 Å². The fourth-order valence-electron chi connectivity index (χ4n) is 2.16. The molecule has 1 amide bonds. The summed E-state index contributed by atoms with van der Waals surface area (Å²) in [5.41, 5.74) is 0.728. The molecule has 0 atom stereocenters. The Morgan fingerprint density at radius 3 is 2.71 bits per heavy atom. The maximum absolute atomic E-state index is 12.0. The number of nitrogens with zero attached hydrogens (tertiary/aromatic N) is 1. The van der Waals surface area contributed by atoms with Gasteiger partial charge in [-0.15, -0.1) is 0 Å². The molecule has 146 valence electrons. The molecule has 0 aliphatic rings. The second kappa shape index (κ2) is 9.09. The third-order valence-electron chi connectivity index (χ3n) is 3.45. The second-order valence-corrected chi connectivity index (χ2v) is 7.30. The van der Waals surface area contributed by atoms with Gasteiger partial charge in [0, 0.05) is 5.02 Å². The van der Waals surface area contributed by atoms with Gasteiger partial charge in [-0.3, -0.25) is 10.1 Å². The van der Waals surface area contributed by atoms with Gasteiger partial charge in [0.15, 0.2) is 18.3 Å². The number of carbonyl (C=O) groups excluding carboxylic acids is 2. The number of fused-ring (bicyclic) bond motifs is 1. The summed E-state index contributed by atoms with van der Waals surface area (Å²) < 4.78 is 16.1. The number of aromatic nitrogens is 1. The van der Waals surface area contributed by atoms with E-state index in [0.29, 0.717) is 15.9 Å². The Balaban J connectivity index is 1.47. The summed E-state index contributed by atoms with van der Waals surface area (Å²) in [5.74, 6) is -0.236. The van der Waals surface area contributed by atoms with Gasteiger partial charge >= 0.3 is 5.97 Å². The Bertz CT molecular complexity index is 1020. The number of anilines is 1. The van der Waals surface area contributed by atoms with Gasteiger partial charge in [0.05, 0.1) is 22.3 Å². The van der Waals surface area contributed by atoms with Crippen molar-refractivity contribution in [2.45, 2.75) is 0 Å². The van der Waals surface area contributed by atoms with Gasteiger partial charge in [-0.05, 0) is 36.4 Å². The first-order valence-corrected chi connectivity index (χ1v) is 9.50. The molecule has 1 heterocycles. The highest BCUT2D eigenvalue weighted by Crippen LogP contribution is 2.29. The summed E-state index contributed by atoms with van der Waals surface area (Å²) in [6.07, 6.45) is 0. The van der Waals surface area contributed by atoms with E-state index in [4.69, 9.17) is 37.4 Å². The number of methoxy groups -OCH3 is 1. The molecule has 1 N–H and O–H groups in total. The number of hydrogen-bond donors (Lipinski definition) is 1. The zero-order chi connectivity index (χ0) is 20.1. The van der Waals surface area contributed by atoms with Crippen LogP contribution in [-0.2, 0) is 14.3 Å². The van der Waals surface area contributed by atoms with Crippen LogP contribution in [0.2, 0.25) is 10.0 Å². The summed E-state index contributed by atoms with van der Waals surface area (Å²) >= 11 is 13.0. The average molecular weight is 441 g/mol. The molecule has 0 bridgehead atoms. The van der Waals surface area contributed by atoms with E-state index >= 15 is 0 Å². The van der Waals surface area contributed by atoms with Crippen LogP contribution >= 0.6 is 34.5 Å².